The standard InChI is InChI=1S/C7H17O4P/c1-4-9-7(3,10-5-2)6-11-12-8/h4-6,12H2,1-3H3. The minimum atomic E-state index is -1.19. The van der Waals surface area contributed by atoms with E-state index in [4.69, 9.17) is 14.0 Å². The number of hydrogen-bond donors (Lipinski definition) is 0. The SMILES string of the molecule is CCOC(C)(CO[PH2]=O)OCC. The van der Waals surface area contributed by atoms with Gasteiger partial charge in [-0.1, -0.05) is 0 Å². The van der Waals surface area contributed by atoms with Gasteiger partial charge in [0, 0.05) is 13.2 Å². The Kier molecular flexibility index (Phi) is 6.67. The Balaban J connectivity index is 3.88. The summed E-state index contributed by atoms with van der Waals surface area (Å²) in [6.07, 6.45) is 0. The van der Waals surface area contributed by atoms with Crippen molar-refractivity contribution in [3.63, 3.8) is 0 Å². The summed E-state index contributed by atoms with van der Waals surface area (Å²) in [5.74, 6) is -0.749. The molecule has 0 bridgehead atoms. The van der Waals surface area contributed by atoms with Crippen LogP contribution in [0.2, 0.25) is 0 Å². The number of rotatable bonds is 7. The smallest absolute Gasteiger partial charge is 0.189 e. The zero-order chi connectivity index (χ0) is 9.45. The lowest BCUT2D eigenvalue weighted by Gasteiger charge is -2.27. The van der Waals surface area contributed by atoms with Gasteiger partial charge < -0.3 is 14.0 Å². The Morgan fingerprint density at radius 3 is 2.08 bits per heavy atom. The molecule has 0 aliphatic carbocycles. The van der Waals surface area contributed by atoms with Crippen LogP contribution in [0.15, 0.2) is 0 Å². The summed E-state index contributed by atoms with van der Waals surface area (Å²) in [6.45, 7) is 6.84. The van der Waals surface area contributed by atoms with Gasteiger partial charge in [-0.15, -0.1) is 0 Å². The molecule has 0 aromatic rings. The van der Waals surface area contributed by atoms with Crippen molar-refractivity contribution in [1.29, 1.82) is 0 Å². The summed E-state index contributed by atoms with van der Waals surface area (Å²) >= 11 is 0. The second kappa shape index (κ2) is 6.61. The predicted octanol–water partition coefficient (Wildman–Crippen LogP) is 1.46. The summed E-state index contributed by atoms with van der Waals surface area (Å²) in [5, 5.41) is 0. The average Bonchev–Trinajstić information content (AvgIpc) is 2.02. The summed E-state index contributed by atoms with van der Waals surface area (Å²) in [6, 6.07) is 0. The third kappa shape index (κ3) is 4.88. The monoisotopic (exact) mass is 196 g/mol. The van der Waals surface area contributed by atoms with Gasteiger partial charge in [0.2, 0.25) is 0 Å². The molecule has 1 unspecified atom stereocenters. The lowest BCUT2D eigenvalue weighted by Crippen LogP contribution is -2.36. The van der Waals surface area contributed by atoms with Crippen molar-refractivity contribution in [1.82, 2.24) is 0 Å². The molecule has 0 aromatic heterocycles. The third-order valence-corrected chi connectivity index (χ3v) is 1.62. The summed E-state index contributed by atoms with van der Waals surface area (Å²) in [5.41, 5.74) is 0. The highest BCUT2D eigenvalue weighted by Gasteiger charge is 2.24. The maximum Gasteiger partial charge on any atom is 0.189 e. The van der Waals surface area contributed by atoms with Crippen LogP contribution in [0.5, 0.6) is 0 Å². The fourth-order valence-electron chi connectivity index (χ4n) is 0.921. The largest absolute Gasteiger partial charge is 0.348 e. The van der Waals surface area contributed by atoms with Gasteiger partial charge in [0.15, 0.2) is 14.5 Å². The van der Waals surface area contributed by atoms with Gasteiger partial charge >= 0.3 is 0 Å². The van der Waals surface area contributed by atoms with Crippen molar-refractivity contribution in [2.24, 2.45) is 0 Å². The lowest BCUT2D eigenvalue weighted by molar-refractivity contribution is -0.233. The molecule has 0 N–H and O–H groups in total. The molecule has 0 aromatic carbocycles. The number of hydrogen-bond acceptors (Lipinski definition) is 4. The van der Waals surface area contributed by atoms with Crippen LogP contribution in [0.25, 0.3) is 0 Å². The molecule has 0 fully saturated rings. The van der Waals surface area contributed by atoms with E-state index in [1.807, 2.05) is 13.8 Å². The van der Waals surface area contributed by atoms with Gasteiger partial charge in [0.25, 0.3) is 0 Å². The van der Waals surface area contributed by atoms with Gasteiger partial charge in [-0.3, -0.25) is 4.57 Å². The second-order valence-electron chi connectivity index (χ2n) is 2.41. The molecule has 1 atom stereocenters. The first kappa shape index (κ1) is 12.1. The van der Waals surface area contributed by atoms with Crippen molar-refractivity contribution in [2.75, 3.05) is 19.8 Å². The van der Waals surface area contributed by atoms with Crippen LogP contribution in [0.4, 0.5) is 0 Å². The van der Waals surface area contributed by atoms with Crippen LogP contribution in [-0.2, 0) is 18.6 Å². The maximum atomic E-state index is 10.1. The van der Waals surface area contributed by atoms with Crippen LogP contribution in [0.3, 0.4) is 0 Å². The van der Waals surface area contributed by atoms with Crippen molar-refractivity contribution >= 4 is 8.69 Å². The first-order valence-electron chi connectivity index (χ1n) is 4.01. The van der Waals surface area contributed by atoms with Crippen molar-refractivity contribution in [2.45, 2.75) is 26.6 Å². The molecule has 0 amide bonds. The first-order valence-corrected chi connectivity index (χ1v) is 4.96. The van der Waals surface area contributed by atoms with E-state index < -0.39 is 14.5 Å². The molecule has 0 saturated carbocycles. The summed E-state index contributed by atoms with van der Waals surface area (Å²) in [4.78, 5) is 0. The van der Waals surface area contributed by atoms with E-state index in [0.717, 1.165) is 0 Å². The van der Waals surface area contributed by atoms with E-state index in [1.54, 1.807) is 6.92 Å². The van der Waals surface area contributed by atoms with Crippen molar-refractivity contribution in [3.8, 4) is 0 Å². The van der Waals surface area contributed by atoms with Gasteiger partial charge in [-0.25, -0.2) is 0 Å². The van der Waals surface area contributed by atoms with Gasteiger partial charge in [0.05, 0.1) is 0 Å². The molecule has 4 nitrogen and oxygen atoms in total. The van der Waals surface area contributed by atoms with E-state index in [-0.39, 0.29) is 6.61 Å². The molecule has 0 saturated heterocycles. The molecule has 74 valence electrons. The lowest BCUT2D eigenvalue weighted by atomic mass is 10.3. The Bertz CT molecular complexity index is 123. The Hall–Kier alpha value is 0.110. The van der Waals surface area contributed by atoms with Crippen LogP contribution < -0.4 is 0 Å². The third-order valence-electron chi connectivity index (χ3n) is 1.31. The van der Waals surface area contributed by atoms with E-state index >= 15 is 0 Å². The summed E-state index contributed by atoms with van der Waals surface area (Å²) < 4.78 is 25.5. The second-order valence-corrected chi connectivity index (χ2v) is 2.93. The molecule has 0 radical (unpaired) electrons. The van der Waals surface area contributed by atoms with E-state index in [0.29, 0.717) is 13.2 Å². The van der Waals surface area contributed by atoms with Crippen LogP contribution in [0, 0.1) is 0 Å². The molecule has 0 heterocycles. The van der Waals surface area contributed by atoms with Gasteiger partial charge in [-0.05, 0) is 20.8 Å². The first-order chi connectivity index (χ1) is 5.68. The molecule has 0 spiro atoms. The quantitative estimate of drug-likeness (QED) is 0.456. The predicted molar refractivity (Wildman–Crippen MR) is 48.0 cm³/mol. The minimum Gasteiger partial charge on any atom is -0.348 e. The average molecular weight is 196 g/mol. The summed E-state index contributed by atoms with van der Waals surface area (Å²) in [7, 11) is -1.19. The van der Waals surface area contributed by atoms with Crippen LogP contribution >= 0.6 is 8.69 Å². The van der Waals surface area contributed by atoms with E-state index in [9.17, 15) is 4.57 Å². The molecule has 0 rings (SSSR count). The topological polar surface area (TPSA) is 44.8 Å². The highest BCUT2D eigenvalue weighted by atomic mass is 31.1. The van der Waals surface area contributed by atoms with Crippen LogP contribution in [0.1, 0.15) is 20.8 Å². The van der Waals surface area contributed by atoms with Gasteiger partial charge in [-0.2, -0.15) is 0 Å². The Morgan fingerprint density at radius 1 is 1.25 bits per heavy atom. The Morgan fingerprint density at radius 2 is 1.75 bits per heavy atom. The molecule has 0 aliphatic rings. The number of ether oxygens (including phenoxy) is 2. The fourth-order valence-corrected chi connectivity index (χ4v) is 1.29. The van der Waals surface area contributed by atoms with Gasteiger partial charge in [0.1, 0.15) is 6.61 Å². The Labute approximate surface area is 74.5 Å². The van der Waals surface area contributed by atoms with Crippen molar-refractivity contribution in [3.05, 3.63) is 0 Å². The van der Waals surface area contributed by atoms with E-state index in [2.05, 4.69) is 0 Å². The normalized spacial score (nSPS) is 12.9. The van der Waals surface area contributed by atoms with Crippen molar-refractivity contribution < 1.29 is 18.6 Å². The zero-order valence-corrected chi connectivity index (χ0v) is 8.99. The fraction of sp³-hybridized carbons (Fsp3) is 1.00. The van der Waals surface area contributed by atoms with E-state index in [1.165, 1.54) is 0 Å². The molecule has 0 aliphatic heterocycles. The molecule has 12 heavy (non-hydrogen) atoms. The maximum absolute atomic E-state index is 10.1. The highest BCUT2D eigenvalue weighted by Crippen LogP contribution is 2.15. The minimum absolute atomic E-state index is 0.216. The molecular formula is C7H17O4P. The zero-order valence-electron chi connectivity index (χ0n) is 7.83. The molecule has 5 heteroatoms. The van der Waals surface area contributed by atoms with Crippen LogP contribution in [-0.4, -0.2) is 25.6 Å². The highest BCUT2D eigenvalue weighted by molar-refractivity contribution is 7.17. The molecular weight excluding hydrogens is 179 g/mol.